The molecule has 1 aromatic heterocycles. The van der Waals surface area contributed by atoms with E-state index in [9.17, 15) is 4.79 Å². The molecule has 1 amide bonds. The van der Waals surface area contributed by atoms with Gasteiger partial charge in [-0.25, -0.2) is 0 Å². The zero-order chi connectivity index (χ0) is 18.7. The Kier molecular flexibility index (Phi) is 5.35. The fourth-order valence-electron chi connectivity index (χ4n) is 2.41. The summed E-state index contributed by atoms with van der Waals surface area (Å²) in [6, 6.07) is 11.8. The van der Waals surface area contributed by atoms with Crippen LogP contribution in [0.2, 0.25) is 10.0 Å². The maximum Gasteiger partial charge on any atom is 0.273 e. The van der Waals surface area contributed by atoms with Gasteiger partial charge in [-0.3, -0.25) is 9.89 Å². The van der Waals surface area contributed by atoms with Crippen LogP contribution in [0.15, 0.2) is 42.5 Å². The van der Waals surface area contributed by atoms with E-state index in [-0.39, 0.29) is 11.6 Å². The number of hydrogen-bond acceptors (Lipinski definition) is 4. The van der Waals surface area contributed by atoms with E-state index in [0.717, 1.165) is 5.56 Å². The fourth-order valence-corrected chi connectivity index (χ4v) is 2.94. The van der Waals surface area contributed by atoms with Crippen LogP contribution >= 0.6 is 23.2 Å². The second kappa shape index (κ2) is 7.68. The number of benzene rings is 2. The predicted octanol–water partition coefficient (Wildman–Crippen LogP) is 4.65. The lowest BCUT2D eigenvalue weighted by Crippen LogP contribution is -2.12. The first-order chi connectivity index (χ1) is 12.5. The summed E-state index contributed by atoms with van der Waals surface area (Å²) in [6.45, 7) is 0. The van der Waals surface area contributed by atoms with Crippen LogP contribution < -0.4 is 14.8 Å². The van der Waals surface area contributed by atoms with Crippen LogP contribution in [0.5, 0.6) is 11.5 Å². The average molecular weight is 392 g/mol. The fraction of sp³-hybridized carbons (Fsp3) is 0.111. The molecule has 0 aliphatic carbocycles. The van der Waals surface area contributed by atoms with Gasteiger partial charge in [-0.2, -0.15) is 5.10 Å². The molecule has 0 fully saturated rings. The Morgan fingerprint density at radius 2 is 1.77 bits per heavy atom. The number of anilines is 1. The Bertz CT molecular complexity index is 936. The summed E-state index contributed by atoms with van der Waals surface area (Å²) in [5.74, 6) is 0.885. The highest BCUT2D eigenvalue weighted by molar-refractivity contribution is 6.35. The number of hydrogen-bond donors (Lipinski definition) is 2. The van der Waals surface area contributed by atoms with Crippen LogP contribution in [0.25, 0.3) is 11.3 Å². The first kappa shape index (κ1) is 18.1. The molecular weight excluding hydrogens is 377 g/mol. The molecule has 0 aliphatic heterocycles. The van der Waals surface area contributed by atoms with Gasteiger partial charge in [0.2, 0.25) is 0 Å². The molecule has 3 aromatic rings. The molecule has 0 aliphatic rings. The lowest BCUT2D eigenvalue weighted by atomic mass is 10.1. The maximum atomic E-state index is 12.4. The van der Waals surface area contributed by atoms with Crippen molar-refractivity contribution in [2.24, 2.45) is 0 Å². The van der Waals surface area contributed by atoms with Crippen LogP contribution in [0.3, 0.4) is 0 Å². The highest BCUT2D eigenvalue weighted by Gasteiger charge is 2.15. The third-order valence-corrected chi connectivity index (χ3v) is 4.06. The molecule has 0 spiro atoms. The lowest BCUT2D eigenvalue weighted by molar-refractivity contribution is 0.102. The third kappa shape index (κ3) is 3.92. The normalized spacial score (nSPS) is 10.5. The molecule has 8 heteroatoms. The number of aromatic nitrogens is 2. The van der Waals surface area contributed by atoms with Crippen molar-refractivity contribution >= 4 is 34.8 Å². The molecule has 0 bridgehead atoms. The highest BCUT2D eigenvalue weighted by Crippen LogP contribution is 2.32. The van der Waals surface area contributed by atoms with Gasteiger partial charge in [-0.15, -0.1) is 0 Å². The van der Waals surface area contributed by atoms with E-state index in [1.54, 1.807) is 50.6 Å². The van der Waals surface area contributed by atoms with Gasteiger partial charge in [0.1, 0.15) is 17.2 Å². The van der Waals surface area contributed by atoms with Crippen molar-refractivity contribution in [2.75, 3.05) is 19.5 Å². The number of carbonyl (C=O) groups is 1. The molecule has 134 valence electrons. The number of nitrogens with zero attached hydrogens (tertiary/aromatic N) is 1. The summed E-state index contributed by atoms with van der Waals surface area (Å²) in [5, 5.41) is 10.5. The molecule has 26 heavy (non-hydrogen) atoms. The van der Waals surface area contributed by atoms with E-state index < -0.39 is 0 Å². The first-order valence-electron chi connectivity index (χ1n) is 7.55. The standard InChI is InChI=1S/C18H15Cl2N3O3/c1-25-13-3-4-14(17(8-13)26-2)15-9-16(23-22-15)18(24)21-12-6-10(19)5-11(20)7-12/h3-9H,1-2H3,(H,21,24)(H,22,23). The molecule has 0 atom stereocenters. The Balaban J connectivity index is 1.84. The minimum absolute atomic E-state index is 0.286. The molecular formula is C18H15Cl2N3O3. The topological polar surface area (TPSA) is 76.2 Å². The number of carbonyl (C=O) groups excluding carboxylic acids is 1. The Labute approximate surface area is 160 Å². The maximum absolute atomic E-state index is 12.4. The lowest BCUT2D eigenvalue weighted by Gasteiger charge is -2.08. The average Bonchev–Trinajstić information content (AvgIpc) is 3.10. The molecule has 3 rings (SSSR count). The van der Waals surface area contributed by atoms with Gasteiger partial charge >= 0.3 is 0 Å². The van der Waals surface area contributed by atoms with Crippen LogP contribution in [-0.4, -0.2) is 30.3 Å². The van der Waals surface area contributed by atoms with E-state index >= 15 is 0 Å². The number of methoxy groups -OCH3 is 2. The summed E-state index contributed by atoms with van der Waals surface area (Å²) >= 11 is 11.9. The van der Waals surface area contributed by atoms with Gasteiger partial charge in [0.05, 0.1) is 19.9 Å². The zero-order valence-corrected chi connectivity index (χ0v) is 15.5. The van der Waals surface area contributed by atoms with Crippen molar-refractivity contribution < 1.29 is 14.3 Å². The largest absolute Gasteiger partial charge is 0.497 e. The smallest absolute Gasteiger partial charge is 0.273 e. The number of amides is 1. The number of ether oxygens (including phenoxy) is 2. The van der Waals surface area contributed by atoms with Gasteiger partial charge in [0.15, 0.2) is 0 Å². The van der Waals surface area contributed by atoms with Crippen molar-refractivity contribution in [3.8, 4) is 22.8 Å². The number of H-pyrrole nitrogens is 1. The van der Waals surface area contributed by atoms with E-state index in [0.29, 0.717) is 32.9 Å². The zero-order valence-electron chi connectivity index (χ0n) is 14.0. The molecule has 2 aromatic carbocycles. The molecule has 1 heterocycles. The minimum Gasteiger partial charge on any atom is -0.497 e. The van der Waals surface area contributed by atoms with Crippen LogP contribution in [-0.2, 0) is 0 Å². The molecule has 2 N–H and O–H groups in total. The number of rotatable bonds is 5. The van der Waals surface area contributed by atoms with Crippen molar-refractivity contribution in [3.05, 3.63) is 58.2 Å². The Morgan fingerprint density at radius 1 is 1.04 bits per heavy atom. The van der Waals surface area contributed by atoms with Crippen LogP contribution in [0, 0.1) is 0 Å². The van der Waals surface area contributed by atoms with Crippen molar-refractivity contribution in [1.82, 2.24) is 10.2 Å². The summed E-state index contributed by atoms with van der Waals surface area (Å²) in [7, 11) is 3.13. The monoisotopic (exact) mass is 391 g/mol. The van der Waals surface area contributed by atoms with Gasteiger partial charge in [-0.1, -0.05) is 23.2 Å². The third-order valence-electron chi connectivity index (χ3n) is 3.63. The van der Waals surface area contributed by atoms with E-state index in [4.69, 9.17) is 32.7 Å². The highest BCUT2D eigenvalue weighted by atomic mass is 35.5. The molecule has 0 saturated carbocycles. The van der Waals surface area contributed by atoms with Crippen molar-refractivity contribution in [2.45, 2.75) is 0 Å². The number of nitrogens with one attached hydrogen (secondary N) is 2. The van der Waals surface area contributed by atoms with Crippen LogP contribution in [0.1, 0.15) is 10.5 Å². The quantitative estimate of drug-likeness (QED) is 0.663. The summed E-state index contributed by atoms with van der Waals surface area (Å²) in [6.07, 6.45) is 0. The van der Waals surface area contributed by atoms with Gasteiger partial charge in [0.25, 0.3) is 5.91 Å². The van der Waals surface area contributed by atoms with Gasteiger partial charge in [0, 0.05) is 27.4 Å². The minimum atomic E-state index is -0.366. The van der Waals surface area contributed by atoms with Crippen molar-refractivity contribution in [1.29, 1.82) is 0 Å². The predicted molar refractivity (Wildman–Crippen MR) is 102 cm³/mol. The van der Waals surface area contributed by atoms with Crippen LogP contribution in [0.4, 0.5) is 5.69 Å². The second-order valence-electron chi connectivity index (χ2n) is 5.35. The summed E-state index contributed by atoms with van der Waals surface area (Å²) < 4.78 is 10.6. The Hall–Kier alpha value is -2.70. The summed E-state index contributed by atoms with van der Waals surface area (Å²) in [4.78, 5) is 12.4. The van der Waals surface area contributed by atoms with Crippen molar-refractivity contribution in [3.63, 3.8) is 0 Å². The number of aromatic amines is 1. The van der Waals surface area contributed by atoms with E-state index in [2.05, 4.69) is 15.5 Å². The molecule has 6 nitrogen and oxygen atoms in total. The first-order valence-corrected chi connectivity index (χ1v) is 8.31. The Morgan fingerprint density at radius 3 is 2.42 bits per heavy atom. The molecule has 0 radical (unpaired) electrons. The molecule has 0 unspecified atom stereocenters. The second-order valence-corrected chi connectivity index (χ2v) is 6.22. The van der Waals surface area contributed by atoms with Gasteiger partial charge in [-0.05, 0) is 36.4 Å². The van der Waals surface area contributed by atoms with E-state index in [1.165, 1.54) is 0 Å². The summed E-state index contributed by atoms with van der Waals surface area (Å²) in [5.41, 5.74) is 2.08. The molecule has 0 saturated heterocycles. The SMILES string of the molecule is COc1ccc(-c2cc(C(=O)Nc3cc(Cl)cc(Cl)c3)[nH]n2)c(OC)c1. The van der Waals surface area contributed by atoms with E-state index in [1.807, 2.05) is 6.07 Å². The number of halogens is 2. The van der Waals surface area contributed by atoms with Gasteiger partial charge < -0.3 is 14.8 Å².